The van der Waals surface area contributed by atoms with Crippen LogP contribution in [0.25, 0.3) is 0 Å². The minimum Gasteiger partial charge on any atom is -0.390 e. The van der Waals surface area contributed by atoms with E-state index in [0.717, 1.165) is 32.5 Å². The topological polar surface area (TPSA) is 69.6 Å². The van der Waals surface area contributed by atoms with Crippen LogP contribution in [0.15, 0.2) is 0 Å². The number of aliphatic hydroxyl groups excluding tert-OH is 1. The molecule has 0 aromatic carbocycles. The molecule has 110 valence electrons. The number of aliphatic hydroxyl groups is 1. The first-order valence-electron chi connectivity index (χ1n) is 7.40. The molecular weight excluding hydrogens is 264 g/mol. The van der Waals surface area contributed by atoms with Crippen LogP contribution in [-0.4, -0.2) is 67.8 Å². The average Bonchev–Trinajstić information content (AvgIpc) is 3.14. The van der Waals surface area contributed by atoms with E-state index in [1.54, 1.807) is 0 Å². The van der Waals surface area contributed by atoms with Crippen molar-refractivity contribution in [1.82, 2.24) is 10.2 Å². The van der Waals surface area contributed by atoms with Gasteiger partial charge in [-0.15, -0.1) is 0 Å². The lowest BCUT2D eigenvalue weighted by molar-refractivity contribution is 0.0625. The summed E-state index contributed by atoms with van der Waals surface area (Å²) in [5.41, 5.74) is 0. The van der Waals surface area contributed by atoms with E-state index in [2.05, 4.69) is 10.2 Å². The van der Waals surface area contributed by atoms with Gasteiger partial charge in [0.1, 0.15) is 0 Å². The first-order chi connectivity index (χ1) is 9.05. The van der Waals surface area contributed by atoms with E-state index in [1.807, 2.05) is 0 Å². The fourth-order valence-corrected chi connectivity index (χ4v) is 5.26. The zero-order valence-electron chi connectivity index (χ0n) is 11.3. The number of rotatable bonds is 4. The molecule has 2 atom stereocenters. The minimum absolute atomic E-state index is 0.0485. The average molecular weight is 288 g/mol. The van der Waals surface area contributed by atoms with Gasteiger partial charge in [-0.2, -0.15) is 0 Å². The second-order valence-electron chi connectivity index (χ2n) is 6.33. The molecule has 2 heterocycles. The van der Waals surface area contributed by atoms with Gasteiger partial charge in [0.2, 0.25) is 0 Å². The van der Waals surface area contributed by atoms with Crippen molar-refractivity contribution in [2.75, 3.05) is 31.1 Å². The fourth-order valence-electron chi connectivity index (χ4n) is 3.45. The monoisotopic (exact) mass is 288 g/mol. The maximum atomic E-state index is 11.7. The Hall–Kier alpha value is -0.170. The number of piperidine rings is 1. The molecule has 3 fully saturated rings. The van der Waals surface area contributed by atoms with Gasteiger partial charge in [-0.1, -0.05) is 0 Å². The van der Waals surface area contributed by atoms with Gasteiger partial charge in [-0.25, -0.2) is 8.42 Å². The molecule has 2 saturated heterocycles. The van der Waals surface area contributed by atoms with Crippen LogP contribution in [0.3, 0.4) is 0 Å². The van der Waals surface area contributed by atoms with Gasteiger partial charge >= 0.3 is 0 Å². The second kappa shape index (κ2) is 5.31. The summed E-state index contributed by atoms with van der Waals surface area (Å²) in [4.78, 5) is 2.31. The zero-order chi connectivity index (χ0) is 13.5. The molecule has 2 unspecified atom stereocenters. The Morgan fingerprint density at radius 1 is 1.11 bits per heavy atom. The molecular formula is C13H24N2O3S. The molecule has 3 rings (SSSR count). The third-order valence-corrected chi connectivity index (χ3v) is 6.36. The summed E-state index contributed by atoms with van der Waals surface area (Å²) in [7, 11) is -3.04. The first kappa shape index (κ1) is 13.8. The molecule has 1 aliphatic carbocycles. The van der Waals surface area contributed by atoms with Crippen LogP contribution in [0.5, 0.6) is 0 Å². The summed E-state index contributed by atoms with van der Waals surface area (Å²) in [5.74, 6) is 0.750. The standard InChI is InChI=1S/C13H24N2O3S/c16-13-9-19(17,18)8-12(13)15(11-1-2-11)7-10-3-5-14-6-4-10/h10-14,16H,1-9H2. The number of nitrogens with one attached hydrogen (secondary N) is 1. The highest BCUT2D eigenvalue weighted by Crippen LogP contribution is 2.33. The Bertz CT molecular complexity index is 416. The fraction of sp³-hybridized carbons (Fsp3) is 1.00. The maximum absolute atomic E-state index is 11.7. The van der Waals surface area contributed by atoms with Crippen LogP contribution >= 0.6 is 0 Å². The largest absolute Gasteiger partial charge is 0.390 e. The molecule has 0 radical (unpaired) electrons. The van der Waals surface area contributed by atoms with Crippen LogP contribution in [0.2, 0.25) is 0 Å². The molecule has 2 N–H and O–H groups in total. The molecule has 3 aliphatic rings. The summed E-state index contributed by atoms with van der Waals surface area (Å²) >= 11 is 0. The van der Waals surface area contributed by atoms with Crippen molar-refractivity contribution in [3.63, 3.8) is 0 Å². The lowest BCUT2D eigenvalue weighted by atomic mass is 9.96. The molecule has 0 aromatic heterocycles. The maximum Gasteiger partial charge on any atom is 0.154 e. The van der Waals surface area contributed by atoms with E-state index in [1.165, 1.54) is 12.8 Å². The Labute approximate surface area is 115 Å². The molecule has 1 saturated carbocycles. The number of sulfone groups is 1. The van der Waals surface area contributed by atoms with E-state index in [4.69, 9.17) is 0 Å². The second-order valence-corrected chi connectivity index (χ2v) is 8.49. The van der Waals surface area contributed by atoms with Gasteiger partial charge in [0.25, 0.3) is 0 Å². The van der Waals surface area contributed by atoms with Crippen molar-refractivity contribution in [1.29, 1.82) is 0 Å². The summed E-state index contributed by atoms with van der Waals surface area (Å²) in [6.45, 7) is 3.09. The molecule has 2 aliphatic heterocycles. The minimum atomic E-state index is -3.04. The van der Waals surface area contributed by atoms with Gasteiger partial charge in [0.15, 0.2) is 9.84 Å². The SMILES string of the molecule is O=S1(=O)CC(O)C(N(CC2CCNCC2)C2CC2)C1. The van der Waals surface area contributed by atoms with Crippen LogP contribution in [0.1, 0.15) is 25.7 Å². The molecule has 0 spiro atoms. The Kier molecular flexibility index (Phi) is 3.86. The molecule has 0 aromatic rings. The van der Waals surface area contributed by atoms with Crippen molar-refractivity contribution in [2.24, 2.45) is 5.92 Å². The summed E-state index contributed by atoms with van der Waals surface area (Å²) in [6.07, 6.45) is 3.97. The highest BCUT2D eigenvalue weighted by atomic mass is 32.2. The summed E-state index contributed by atoms with van der Waals surface area (Å²) in [5, 5.41) is 13.4. The van der Waals surface area contributed by atoms with Crippen LogP contribution in [-0.2, 0) is 9.84 Å². The third kappa shape index (κ3) is 3.29. The van der Waals surface area contributed by atoms with Gasteiger partial charge in [0.05, 0.1) is 23.7 Å². The van der Waals surface area contributed by atoms with Gasteiger partial charge < -0.3 is 10.4 Å². The van der Waals surface area contributed by atoms with Crippen LogP contribution in [0.4, 0.5) is 0 Å². The van der Waals surface area contributed by atoms with Gasteiger partial charge in [-0.05, 0) is 44.7 Å². The third-order valence-electron chi connectivity index (χ3n) is 4.66. The van der Waals surface area contributed by atoms with Crippen molar-refractivity contribution >= 4 is 9.84 Å². The molecule has 19 heavy (non-hydrogen) atoms. The van der Waals surface area contributed by atoms with Crippen molar-refractivity contribution in [3.8, 4) is 0 Å². The molecule has 5 nitrogen and oxygen atoms in total. The normalized spacial score (nSPS) is 35.9. The molecule has 6 heteroatoms. The highest BCUT2D eigenvalue weighted by Gasteiger charge is 2.45. The first-order valence-corrected chi connectivity index (χ1v) is 9.22. The Morgan fingerprint density at radius 3 is 2.32 bits per heavy atom. The molecule has 0 bridgehead atoms. The van der Waals surface area contributed by atoms with Gasteiger partial charge in [0, 0.05) is 12.6 Å². The predicted molar refractivity (Wildman–Crippen MR) is 73.8 cm³/mol. The van der Waals surface area contributed by atoms with Crippen LogP contribution < -0.4 is 5.32 Å². The smallest absolute Gasteiger partial charge is 0.154 e. The lowest BCUT2D eigenvalue weighted by Crippen LogP contribution is -2.48. The zero-order valence-corrected chi connectivity index (χ0v) is 12.1. The van der Waals surface area contributed by atoms with E-state index < -0.39 is 15.9 Å². The highest BCUT2D eigenvalue weighted by molar-refractivity contribution is 7.91. The molecule has 0 amide bonds. The quantitative estimate of drug-likeness (QED) is 0.737. The van der Waals surface area contributed by atoms with Crippen molar-refractivity contribution in [2.45, 2.75) is 43.9 Å². The van der Waals surface area contributed by atoms with E-state index >= 15 is 0 Å². The Balaban J connectivity index is 1.67. The summed E-state index contributed by atoms with van der Waals surface area (Å²) < 4.78 is 23.4. The van der Waals surface area contributed by atoms with Crippen LogP contribution in [0, 0.1) is 5.92 Å². The number of hydrogen-bond donors (Lipinski definition) is 2. The van der Waals surface area contributed by atoms with Crippen molar-refractivity contribution in [3.05, 3.63) is 0 Å². The number of hydrogen-bond acceptors (Lipinski definition) is 5. The van der Waals surface area contributed by atoms with E-state index in [9.17, 15) is 13.5 Å². The van der Waals surface area contributed by atoms with Crippen molar-refractivity contribution < 1.29 is 13.5 Å². The predicted octanol–water partition coefficient (Wildman–Crippen LogP) is -0.392. The Morgan fingerprint density at radius 2 is 1.79 bits per heavy atom. The van der Waals surface area contributed by atoms with Gasteiger partial charge in [-0.3, -0.25) is 4.90 Å². The lowest BCUT2D eigenvalue weighted by Gasteiger charge is -2.35. The van der Waals surface area contributed by atoms with E-state index in [0.29, 0.717) is 12.0 Å². The number of nitrogens with zero attached hydrogens (tertiary/aromatic N) is 1. The van der Waals surface area contributed by atoms with E-state index in [-0.39, 0.29) is 17.5 Å². The summed E-state index contributed by atoms with van der Waals surface area (Å²) in [6, 6.07) is 0.357.